The SMILES string of the molecule is C=CC(C)(C)C1(Cl)C(=O)C(Cl)=C(N[C@H](CC(C)C)C(=O)OC)C1(OC)OC. The van der Waals surface area contributed by atoms with E-state index in [1.54, 1.807) is 19.9 Å². The van der Waals surface area contributed by atoms with Crippen LogP contribution in [-0.4, -0.2) is 49.8 Å². The minimum atomic E-state index is -1.75. The second-order valence-corrected chi connectivity index (χ2v) is 8.42. The van der Waals surface area contributed by atoms with Crippen LogP contribution in [0.5, 0.6) is 0 Å². The first kappa shape index (κ1) is 24.0. The molecule has 2 atom stereocenters. The smallest absolute Gasteiger partial charge is 0.328 e. The lowest BCUT2D eigenvalue weighted by molar-refractivity contribution is -0.212. The van der Waals surface area contributed by atoms with Gasteiger partial charge in [-0.15, -0.1) is 18.2 Å². The van der Waals surface area contributed by atoms with Gasteiger partial charge in [-0.3, -0.25) is 4.79 Å². The summed E-state index contributed by atoms with van der Waals surface area (Å²) in [6.07, 6.45) is 1.99. The van der Waals surface area contributed by atoms with Gasteiger partial charge in [-0.25, -0.2) is 4.79 Å². The van der Waals surface area contributed by atoms with E-state index in [2.05, 4.69) is 11.9 Å². The van der Waals surface area contributed by atoms with E-state index in [9.17, 15) is 9.59 Å². The molecule has 0 amide bonds. The first-order valence-corrected chi connectivity index (χ1v) is 9.37. The Morgan fingerprint density at radius 3 is 2.19 bits per heavy atom. The summed E-state index contributed by atoms with van der Waals surface area (Å²) >= 11 is 13.3. The summed E-state index contributed by atoms with van der Waals surface area (Å²) in [5.74, 6) is -2.65. The number of hydrogen-bond acceptors (Lipinski definition) is 6. The largest absolute Gasteiger partial charge is 0.467 e. The molecule has 0 aromatic carbocycles. The molecule has 0 radical (unpaired) electrons. The molecule has 1 N–H and O–H groups in total. The molecule has 0 saturated heterocycles. The van der Waals surface area contributed by atoms with Crippen LogP contribution in [0.3, 0.4) is 0 Å². The Hall–Kier alpha value is -1.08. The van der Waals surface area contributed by atoms with Crippen molar-refractivity contribution >= 4 is 35.0 Å². The highest BCUT2D eigenvalue weighted by molar-refractivity contribution is 6.53. The highest BCUT2D eigenvalue weighted by atomic mass is 35.5. The highest BCUT2D eigenvalue weighted by Crippen LogP contribution is 2.57. The number of esters is 1. The molecule has 1 rings (SSSR count). The zero-order valence-electron chi connectivity index (χ0n) is 16.9. The lowest BCUT2D eigenvalue weighted by Gasteiger charge is -2.47. The molecule has 0 aromatic heterocycles. The van der Waals surface area contributed by atoms with Crippen LogP contribution >= 0.6 is 23.2 Å². The molecule has 0 bridgehead atoms. The van der Waals surface area contributed by atoms with Crippen LogP contribution in [-0.2, 0) is 23.8 Å². The standard InChI is InChI=1S/C19H29Cl2NO5/c1-9-17(4,5)18(21)15(23)13(20)14(19(18,26-7)27-8)22-12(10-11(2)3)16(24)25-6/h9,11-12,22H,1,10H2,2-8H3/t12-,18?/m1/s1. The molecule has 6 nitrogen and oxygen atoms in total. The summed E-state index contributed by atoms with van der Waals surface area (Å²) in [5.41, 5.74) is -0.861. The molecule has 1 unspecified atom stereocenters. The van der Waals surface area contributed by atoms with Crippen molar-refractivity contribution in [3.8, 4) is 0 Å². The van der Waals surface area contributed by atoms with Crippen LogP contribution in [0.15, 0.2) is 23.4 Å². The van der Waals surface area contributed by atoms with Gasteiger partial charge in [-0.2, -0.15) is 0 Å². The predicted octanol–water partition coefficient (Wildman–Crippen LogP) is 3.38. The minimum Gasteiger partial charge on any atom is -0.467 e. The first-order valence-electron chi connectivity index (χ1n) is 8.62. The zero-order chi connectivity index (χ0) is 21.2. The van der Waals surface area contributed by atoms with Crippen molar-refractivity contribution in [2.75, 3.05) is 21.3 Å². The Bertz CT molecular complexity index is 640. The number of hydrogen-bond donors (Lipinski definition) is 1. The summed E-state index contributed by atoms with van der Waals surface area (Å²) in [7, 11) is 4.01. The van der Waals surface area contributed by atoms with E-state index < -0.39 is 33.9 Å². The molecule has 0 aromatic rings. The number of Topliss-reactive ketones (excluding diaryl/α,β-unsaturated/α-hetero) is 1. The van der Waals surface area contributed by atoms with Gasteiger partial charge in [0.15, 0.2) is 4.87 Å². The van der Waals surface area contributed by atoms with Crippen LogP contribution in [0.25, 0.3) is 0 Å². The number of halogens is 2. The molecular weight excluding hydrogens is 393 g/mol. The van der Waals surface area contributed by atoms with Gasteiger partial charge in [0.1, 0.15) is 11.1 Å². The maximum atomic E-state index is 13.1. The molecule has 0 fully saturated rings. The number of alkyl halides is 1. The van der Waals surface area contributed by atoms with Crippen LogP contribution in [0, 0.1) is 11.3 Å². The average molecular weight is 422 g/mol. The van der Waals surface area contributed by atoms with Gasteiger partial charge in [-0.1, -0.05) is 45.4 Å². The van der Waals surface area contributed by atoms with E-state index in [-0.39, 0.29) is 16.6 Å². The number of ketones is 1. The molecule has 0 saturated carbocycles. The van der Waals surface area contributed by atoms with E-state index in [4.69, 9.17) is 37.4 Å². The van der Waals surface area contributed by atoms with Gasteiger partial charge in [-0.05, 0) is 12.3 Å². The number of carbonyl (C=O) groups excluding carboxylic acids is 2. The lowest BCUT2D eigenvalue weighted by Crippen LogP contribution is -2.63. The van der Waals surface area contributed by atoms with Crippen LogP contribution in [0.1, 0.15) is 34.1 Å². The Kier molecular flexibility index (Phi) is 7.56. The molecule has 0 aliphatic heterocycles. The molecule has 8 heteroatoms. The van der Waals surface area contributed by atoms with Gasteiger partial charge >= 0.3 is 5.97 Å². The van der Waals surface area contributed by atoms with Gasteiger partial charge in [0.05, 0.1) is 12.8 Å². The molecule has 0 heterocycles. The topological polar surface area (TPSA) is 73.9 Å². The van der Waals surface area contributed by atoms with E-state index >= 15 is 0 Å². The van der Waals surface area contributed by atoms with Crippen molar-refractivity contribution in [3.63, 3.8) is 0 Å². The summed E-state index contributed by atoms with van der Waals surface area (Å²) in [4.78, 5) is 23.7. The molecular formula is C19H29Cl2NO5. The normalized spacial score (nSPS) is 23.6. The van der Waals surface area contributed by atoms with Crippen LogP contribution < -0.4 is 5.32 Å². The van der Waals surface area contributed by atoms with Crippen LogP contribution in [0.2, 0.25) is 0 Å². The monoisotopic (exact) mass is 421 g/mol. The van der Waals surface area contributed by atoms with Crippen molar-refractivity contribution in [2.45, 2.75) is 50.8 Å². The lowest BCUT2D eigenvalue weighted by atomic mass is 9.72. The third kappa shape index (κ3) is 3.65. The Labute approximate surface area is 171 Å². The highest BCUT2D eigenvalue weighted by Gasteiger charge is 2.71. The molecule has 154 valence electrons. The van der Waals surface area contributed by atoms with Gasteiger partial charge in [0.2, 0.25) is 11.6 Å². The number of ether oxygens (including phenoxy) is 3. The van der Waals surface area contributed by atoms with E-state index in [0.29, 0.717) is 6.42 Å². The Balaban J connectivity index is 3.58. The summed E-state index contributed by atoms with van der Waals surface area (Å²) in [6, 6.07) is -0.762. The third-order valence-corrected chi connectivity index (χ3v) is 6.27. The second kappa shape index (κ2) is 8.52. The summed E-state index contributed by atoms with van der Waals surface area (Å²) < 4.78 is 16.2. The number of methoxy groups -OCH3 is 3. The maximum Gasteiger partial charge on any atom is 0.328 e. The second-order valence-electron chi connectivity index (χ2n) is 7.48. The van der Waals surface area contributed by atoms with Crippen molar-refractivity contribution in [1.82, 2.24) is 5.32 Å². The molecule has 1 aliphatic carbocycles. The average Bonchev–Trinajstić information content (AvgIpc) is 2.79. The number of rotatable bonds is 9. The fraction of sp³-hybridized carbons (Fsp3) is 0.684. The fourth-order valence-corrected chi connectivity index (χ4v) is 4.11. The molecule has 0 spiro atoms. The van der Waals surface area contributed by atoms with E-state index in [0.717, 1.165) is 0 Å². The van der Waals surface area contributed by atoms with Crippen molar-refractivity contribution in [1.29, 1.82) is 0 Å². The fourth-order valence-electron chi connectivity index (χ4n) is 3.32. The summed E-state index contributed by atoms with van der Waals surface area (Å²) in [6.45, 7) is 11.2. The Morgan fingerprint density at radius 2 is 1.81 bits per heavy atom. The van der Waals surface area contributed by atoms with Crippen molar-refractivity contribution in [3.05, 3.63) is 23.4 Å². The van der Waals surface area contributed by atoms with Crippen molar-refractivity contribution in [2.24, 2.45) is 11.3 Å². The Morgan fingerprint density at radius 1 is 1.30 bits per heavy atom. The van der Waals surface area contributed by atoms with Crippen LogP contribution in [0.4, 0.5) is 0 Å². The minimum absolute atomic E-state index is 0.0974. The van der Waals surface area contributed by atoms with Gasteiger partial charge < -0.3 is 19.5 Å². The van der Waals surface area contributed by atoms with Gasteiger partial charge in [0, 0.05) is 19.6 Å². The maximum absolute atomic E-state index is 13.1. The number of carbonyl (C=O) groups is 2. The van der Waals surface area contributed by atoms with E-state index in [1.807, 2.05) is 13.8 Å². The van der Waals surface area contributed by atoms with Gasteiger partial charge in [0.25, 0.3) is 0 Å². The molecule has 1 aliphatic rings. The zero-order valence-corrected chi connectivity index (χ0v) is 18.5. The number of nitrogens with one attached hydrogen (secondary N) is 1. The van der Waals surface area contributed by atoms with Crippen molar-refractivity contribution < 1.29 is 23.8 Å². The first-order chi connectivity index (χ1) is 12.4. The van der Waals surface area contributed by atoms with E-state index in [1.165, 1.54) is 21.3 Å². The molecule has 27 heavy (non-hydrogen) atoms. The summed E-state index contributed by atoms with van der Waals surface area (Å²) in [5, 5.41) is 2.83. The predicted molar refractivity (Wildman–Crippen MR) is 106 cm³/mol. The number of allylic oxidation sites excluding steroid dienone is 2. The third-order valence-electron chi connectivity index (χ3n) is 5.00. The quantitative estimate of drug-likeness (QED) is 0.266.